The van der Waals surface area contributed by atoms with E-state index in [4.69, 9.17) is 18.9 Å². The van der Waals surface area contributed by atoms with Gasteiger partial charge in [0.25, 0.3) is 0 Å². The molecule has 1 aromatic carbocycles. The van der Waals surface area contributed by atoms with E-state index < -0.39 is 28.1 Å². The normalized spacial score (nSPS) is 21.6. The molecule has 0 spiro atoms. The molecular formula is C21H30N4O8S. The van der Waals surface area contributed by atoms with Gasteiger partial charge in [0.2, 0.25) is 10.0 Å². The van der Waals surface area contributed by atoms with Gasteiger partial charge in [0.05, 0.1) is 31.3 Å². The lowest BCUT2D eigenvalue weighted by Gasteiger charge is -2.34. The van der Waals surface area contributed by atoms with E-state index in [0.29, 0.717) is 64.0 Å². The molecule has 0 saturated carbocycles. The first-order valence-electron chi connectivity index (χ1n) is 11.3. The Balaban J connectivity index is 1.31. The van der Waals surface area contributed by atoms with Crippen molar-refractivity contribution in [2.24, 2.45) is 0 Å². The Morgan fingerprint density at radius 1 is 0.941 bits per heavy atom. The van der Waals surface area contributed by atoms with Crippen molar-refractivity contribution in [3.8, 4) is 11.5 Å². The van der Waals surface area contributed by atoms with Gasteiger partial charge in [-0.1, -0.05) is 0 Å². The molecule has 0 radical (unpaired) electrons. The maximum atomic E-state index is 13.3. The van der Waals surface area contributed by atoms with E-state index in [1.54, 1.807) is 6.07 Å². The van der Waals surface area contributed by atoms with Crippen LogP contribution in [0.25, 0.3) is 0 Å². The average molecular weight is 499 g/mol. The first-order chi connectivity index (χ1) is 16.4. The van der Waals surface area contributed by atoms with E-state index >= 15 is 0 Å². The summed E-state index contributed by atoms with van der Waals surface area (Å²) >= 11 is 0. The largest absolute Gasteiger partial charge is 0.486 e. The first-order valence-corrected chi connectivity index (χ1v) is 12.8. The summed E-state index contributed by atoms with van der Waals surface area (Å²) in [6.07, 6.45) is -0.423. The molecular weight excluding hydrogens is 468 g/mol. The van der Waals surface area contributed by atoms with Crippen LogP contribution < -0.4 is 20.1 Å². The molecule has 2 fully saturated rings. The lowest BCUT2D eigenvalue weighted by atomic mass is 10.3. The molecule has 3 aliphatic heterocycles. The van der Waals surface area contributed by atoms with Gasteiger partial charge in [0, 0.05) is 38.8 Å². The van der Waals surface area contributed by atoms with Crippen molar-refractivity contribution in [2.75, 3.05) is 72.3 Å². The number of carbonyl (C=O) groups is 2. The smallest absolute Gasteiger partial charge is 0.309 e. The fourth-order valence-electron chi connectivity index (χ4n) is 3.91. The van der Waals surface area contributed by atoms with Crippen LogP contribution in [0.3, 0.4) is 0 Å². The monoisotopic (exact) mass is 498 g/mol. The Kier molecular flexibility index (Phi) is 8.21. The summed E-state index contributed by atoms with van der Waals surface area (Å²) in [5.74, 6) is -0.759. The minimum Gasteiger partial charge on any atom is -0.486 e. The van der Waals surface area contributed by atoms with E-state index in [1.807, 2.05) is 0 Å². The summed E-state index contributed by atoms with van der Waals surface area (Å²) in [7, 11) is -3.93. The number of benzene rings is 1. The molecule has 0 aromatic heterocycles. The number of ether oxygens (including phenoxy) is 4. The Morgan fingerprint density at radius 2 is 1.68 bits per heavy atom. The second-order valence-electron chi connectivity index (χ2n) is 8.02. The van der Waals surface area contributed by atoms with Gasteiger partial charge >= 0.3 is 11.8 Å². The number of nitrogens with zero attached hydrogens (tertiary/aromatic N) is 2. The van der Waals surface area contributed by atoms with Crippen molar-refractivity contribution in [2.45, 2.75) is 17.5 Å². The summed E-state index contributed by atoms with van der Waals surface area (Å²) in [6.45, 7) is 5.00. The average Bonchev–Trinajstić information content (AvgIpc) is 2.87. The molecule has 2 N–H and O–H groups in total. The van der Waals surface area contributed by atoms with E-state index in [2.05, 4.69) is 15.5 Å². The summed E-state index contributed by atoms with van der Waals surface area (Å²) in [6, 6.07) is 4.44. The number of nitrogens with one attached hydrogen (secondary N) is 2. The van der Waals surface area contributed by atoms with Gasteiger partial charge in [-0.15, -0.1) is 0 Å². The molecule has 0 unspecified atom stereocenters. The number of hydrogen-bond donors (Lipinski definition) is 2. The molecule has 0 aliphatic carbocycles. The molecule has 2 amide bonds. The van der Waals surface area contributed by atoms with Crippen molar-refractivity contribution in [1.29, 1.82) is 0 Å². The maximum Gasteiger partial charge on any atom is 0.309 e. The molecule has 3 heterocycles. The lowest BCUT2D eigenvalue weighted by molar-refractivity contribution is -0.140. The zero-order chi connectivity index (χ0) is 24.0. The van der Waals surface area contributed by atoms with Crippen molar-refractivity contribution in [3.63, 3.8) is 0 Å². The molecule has 188 valence electrons. The van der Waals surface area contributed by atoms with Gasteiger partial charge in [-0.05, 0) is 18.6 Å². The minimum absolute atomic E-state index is 0.0411. The van der Waals surface area contributed by atoms with Crippen molar-refractivity contribution in [1.82, 2.24) is 19.8 Å². The number of carbonyl (C=O) groups excluding carboxylic acids is 2. The summed E-state index contributed by atoms with van der Waals surface area (Å²) in [4.78, 5) is 26.6. The molecule has 1 atom stereocenters. The molecule has 12 nitrogen and oxygen atoms in total. The highest BCUT2D eigenvalue weighted by atomic mass is 32.2. The second kappa shape index (κ2) is 11.3. The Labute approximate surface area is 198 Å². The fraction of sp³-hybridized carbons (Fsp3) is 0.619. The van der Waals surface area contributed by atoms with E-state index in [0.717, 1.165) is 13.1 Å². The predicted octanol–water partition coefficient (Wildman–Crippen LogP) is -1.24. The molecule has 1 aromatic rings. The third-order valence-corrected chi connectivity index (χ3v) is 7.62. The molecule has 4 rings (SSSR count). The number of sulfonamides is 1. The van der Waals surface area contributed by atoms with Crippen LogP contribution in [-0.2, 0) is 29.1 Å². The zero-order valence-corrected chi connectivity index (χ0v) is 19.7. The van der Waals surface area contributed by atoms with Crippen LogP contribution in [0.1, 0.15) is 6.42 Å². The van der Waals surface area contributed by atoms with Gasteiger partial charge in [0.1, 0.15) is 19.4 Å². The van der Waals surface area contributed by atoms with Crippen LogP contribution >= 0.6 is 0 Å². The standard InChI is InChI=1S/C21H30N4O8S/c26-20(22-4-6-24-7-10-30-11-8-24)21(27)23-15-19-25(5-1-9-33-19)34(28,29)16-2-3-17-18(14-16)32-13-12-31-17/h2-3,14,19H,1,4-13,15H2,(H,22,26)(H,23,27)/t19-/m1/s1. The number of amides is 2. The van der Waals surface area contributed by atoms with Crippen LogP contribution in [0.4, 0.5) is 0 Å². The summed E-state index contributed by atoms with van der Waals surface area (Å²) in [5.41, 5.74) is 0. The number of hydrogen-bond acceptors (Lipinski definition) is 9. The minimum atomic E-state index is -3.93. The Morgan fingerprint density at radius 3 is 2.47 bits per heavy atom. The Hall–Kier alpha value is -2.45. The Bertz CT molecular complexity index is 983. The zero-order valence-electron chi connectivity index (χ0n) is 18.9. The number of rotatable bonds is 7. The highest BCUT2D eigenvalue weighted by Gasteiger charge is 2.35. The first kappa shape index (κ1) is 24.7. The molecule has 0 bridgehead atoms. The van der Waals surface area contributed by atoms with Crippen LogP contribution in [-0.4, -0.2) is 108 Å². The topological polar surface area (TPSA) is 136 Å². The third kappa shape index (κ3) is 5.96. The second-order valence-corrected chi connectivity index (χ2v) is 9.91. The van der Waals surface area contributed by atoms with Crippen LogP contribution in [0.2, 0.25) is 0 Å². The highest BCUT2D eigenvalue weighted by Crippen LogP contribution is 2.34. The summed E-state index contributed by atoms with van der Waals surface area (Å²) in [5, 5.41) is 5.07. The van der Waals surface area contributed by atoms with E-state index in [1.165, 1.54) is 16.4 Å². The van der Waals surface area contributed by atoms with Crippen LogP contribution in [0, 0.1) is 0 Å². The SMILES string of the molecule is O=C(NCCN1CCOCC1)C(=O)NC[C@H]1OCCCN1S(=O)(=O)c1ccc2c(c1)OCCO2. The summed E-state index contributed by atoms with van der Waals surface area (Å²) < 4.78 is 49.6. The number of fused-ring (bicyclic) bond motifs is 1. The van der Waals surface area contributed by atoms with Gasteiger partial charge < -0.3 is 29.6 Å². The lowest BCUT2D eigenvalue weighted by Crippen LogP contribution is -2.53. The van der Waals surface area contributed by atoms with Crippen molar-refractivity contribution < 1.29 is 37.0 Å². The van der Waals surface area contributed by atoms with Gasteiger partial charge in [-0.25, -0.2) is 8.42 Å². The predicted molar refractivity (Wildman–Crippen MR) is 119 cm³/mol. The quantitative estimate of drug-likeness (QED) is 0.443. The highest BCUT2D eigenvalue weighted by molar-refractivity contribution is 7.89. The van der Waals surface area contributed by atoms with E-state index in [-0.39, 0.29) is 18.0 Å². The molecule has 34 heavy (non-hydrogen) atoms. The molecule has 13 heteroatoms. The van der Waals surface area contributed by atoms with Crippen molar-refractivity contribution in [3.05, 3.63) is 18.2 Å². The van der Waals surface area contributed by atoms with Crippen molar-refractivity contribution >= 4 is 21.8 Å². The number of morpholine rings is 1. The van der Waals surface area contributed by atoms with E-state index in [9.17, 15) is 18.0 Å². The molecule has 2 saturated heterocycles. The van der Waals surface area contributed by atoms with Gasteiger partial charge in [-0.3, -0.25) is 14.5 Å². The van der Waals surface area contributed by atoms with Gasteiger partial charge in [0.15, 0.2) is 11.5 Å². The van der Waals surface area contributed by atoms with Crippen LogP contribution in [0.15, 0.2) is 23.1 Å². The van der Waals surface area contributed by atoms with Crippen LogP contribution in [0.5, 0.6) is 11.5 Å². The fourth-order valence-corrected chi connectivity index (χ4v) is 5.50. The molecule has 3 aliphatic rings. The van der Waals surface area contributed by atoms with Gasteiger partial charge in [-0.2, -0.15) is 4.31 Å². The maximum absolute atomic E-state index is 13.3. The third-order valence-electron chi connectivity index (χ3n) is 5.74.